The van der Waals surface area contributed by atoms with Crippen LogP contribution in [0.25, 0.3) is 0 Å². The lowest BCUT2D eigenvalue weighted by molar-refractivity contribution is 0.279. The van der Waals surface area contributed by atoms with Crippen molar-refractivity contribution >= 4 is 36.4 Å². The average molecular weight is 454 g/mol. The molecule has 0 amide bonds. The summed E-state index contributed by atoms with van der Waals surface area (Å²) in [4.78, 5) is 0. The molecule has 0 unspecified atom stereocenters. The highest BCUT2D eigenvalue weighted by atomic mass is 35.5. The minimum absolute atomic E-state index is 0. The largest absolute Gasteiger partial charge is 0.493 e. The minimum Gasteiger partial charge on any atom is -0.493 e. The highest BCUT2D eigenvalue weighted by Crippen LogP contribution is 2.30. The molecule has 0 aliphatic carbocycles. The van der Waals surface area contributed by atoms with E-state index in [0.29, 0.717) is 22.1 Å². The molecule has 0 aromatic heterocycles. The van der Waals surface area contributed by atoms with Gasteiger partial charge in [-0.3, -0.25) is 0 Å². The number of ether oxygens (including phenoxy) is 2. The molecule has 2 rings (SSSR count). The third-order valence-corrected chi connectivity index (χ3v) is 4.30. The number of rotatable bonds is 11. The topological polar surface area (TPSA) is 42.5 Å². The summed E-state index contributed by atoms with van der Waals surface area (Å²) >= 11 is 6.03. The molecule has 0 saturated heterocycles. The lowest BCUT2D eigenvalue weighted by Crippen LogP contribution is -2.21. The van der Waals surface area contributed by atoms with Gasteiger partial charge in [0.15, 0.2) is 11.5 Å². The van der Waals surface area contributed by atoms with Gasteiger partial charge in [-0.25, -0.2) is 4.39 Å². The smallest absolute Gasteiger partial charge is 0.161 e. The molecule has 4 nitrogen and oxygen atoms in total. The Balaban J connectivity index is 0.00000364. The molecule has 2 N–H and O–H groups in total. The number of nitrogens with one attached hydrogen (secondary N) is 2. The highest BCUT2D eigenvalue weighted by Gasteiger charge is 2.11. The maximum Gasteiger partial charge on any atom is 0.161 e. The van der Waals surface area contributed by atoms with E-state index in [4.69, 9.17) is 21.1 Å². The second-order valence-electron chi connectivity index (χ2n) is 5.86. The van der Waals surface area contributed by atoms with E-state index in [9.17, 15) is 4.39 Å². The fourth-order valence-corrected chi connectivity index (χ4v) is 2.73. The maximum atomic E-state index is 13.8. The first-order chi connectivity index (χ1) is 12.7. The number of hydrogen-bond donors (Lipinski definition) is 2. The van der Waals surface area contributed by atoms with Crippen LogP contribution >= 0.6 is 36.4 Å². The van der Waals surface area contributed by atoms with E-state index in [1.807, 2.05) is 18.2 Å². The van der Waals surface area contributed by atoms with Gasteiger partial charge in [0, 0.05) is 12.1 Å². The van der Waals surface area contributed by atoms with Crippen molar-refractivity contribution < 1.29 is 13.9 Å². The molecule has 0 spiro atoms. The van der Waals surface area contributed by atoms with Crippen LogP contribution in [0, 0.1) is 5.82 Å². The van der Waals surface area contributed by atoms with Crippen LogP contribution in [0.5, 0.6) is 11.5 Å². The number of benzene rings is 2. The van der Waals surface area contributed by atoms with Gasteiger partial charge < -0.3 is 20.1 Å². The van der Waals surface area contributed by atoms with E-state index in [2.05, 4.69) is 17.6 Å². The third-order valence-electron chi connectivity index (χ3n) is 3.95. The van der Waals surface area contributed by atoms with Crippen molar-refractivity contribution in [1.29, 1.82) is 0 Å². The van der Waals surface area contributed by atoms with E-state index < -0.39 is 0 Å². The zero-order valence-electron chi connectivity index (χ0n) is 16.1. The summed E-state index contributed by atoms with van der Waals surface area (Å²) in [5.41, 5.74) is 1.43. The molecular formula is C20H28Cl3FN2O2. The minimum atomic E-state index is -0.380. The van der Waals surface area contributed by atoms with Crippen LogP contribution in [0.1, 0.15) is 24.5 Å². The van der Waals surface area contributed by atoms with Crippen LogP contribution in [0.2, 0.25) is 5.02 Å². The molecule has 0 radical (unpaired) electrons. The summed E-state index contributed by atoms with van der Waals surface area (Å²) < 4.78 is 25.0. The van der Waals surface area contributed by atoms with E-state index in [-0.39, 0.29) is 37.2 Å². The Morgan fingerprint density at radius 2 is 1.79 bits per heavy atom. The molecule has 0 fully saturated rings. The Labute approximate surface area is 184 Å². The second kappa shape index (κ2) is 14.7. The van der Waals surface area contributed by atoms with E-state index >= 15 is 0 Å². The summed E-state index contributed by atoms with van der Waals surface area (Å²) in [6.45, 7) is 5.85. The quantitative estimate of drug-likeness (QED) is 0.470. The first-order valence-corrected chi connectivity index (χ1v) is 9.17. The third kappa shape index (κ3) is 8.41. The van der Waals surface area contributed by atoms with Crippen molar-refractivity contribution in [2.45, 2.75) is 26.5 Å². The van der Waals surface area contributed by atoms with Gasteiger partial charge in [-0.1, -0.05) is 30.7 Å². The average Bonchev–Trinajstić information content (AvgIpc) is 2.64. The first-order valence-electron chi connectivity index (χ1n) is 8.79. The Morgan fingerprint density at radius 3 is 2.46 bits per heavy atom. The van der Waals surface area contributed by atoms with Gasteiger partial charge in [0.2, 0.25) is 0 Å². The van der Waals surface area contributed by atoms with Crippen molar-refractivity contribution in [2.24, 2.45) is 0 Å². The van der Waals surface area contributed by atoms with Crippen molar-refractivity contribution in [3.05, 3.63) is 58.4 Å². The van der Waals surface area contributed by atoms with Crippen LogP contribution in [-0.4, -0.2) is 26.7 Å². The number of halogens is 4. The Kier molecular flexibility index (Phi) is 14.1. The van der Waals surface area contributed by atoms with Gasteiger partial charge in [-0.15, -0.1) is 24.8 Å². The monoisotopic (exact) mass is 452 g/mol. The number of methoxy groups -OCH3 is 1. The van der Waals surface area contributed by atoms with Crippen molar-refractivity contribution in [3.8, 4) is 11.5 Å². The fourth-order valence-electron chi connectivity index (χ4n) is 2.51. The second-order valence-corrected chi connectivity index (χ2v) is 6.27. The molecule has 0 heterocycles. The van der Waals surface area contributed by atoms with Crippen molar-refractivity contribution in [1.82, 2.24) is 10.6 Å². The zero-order chi connectivity index (χ0) is 18.8. The molecule has 28 heavy (non-hydrogen) atoms. The zero-order valence-corrected chi connectivity index (χ0v) is 18.5. The molecule has 0 atom stereocenters. The molecule has 0 aliphatic heterocycles. The van der Waals surface area contributed by atoms with Crippen LogP contribution in [0.4, 0.5) is 4.39 Å². The van der Waals surface area contributed by atoms with Gasteiger partial charge in [-0.2, -0.15) is 0 Å². The van der Waals surface area contributed by atoms with Gasteiger partial charge in [-0.05, 0) is 55.9 Å². The maximum absolute atomic E-state index is 13.8. The van der Waals surface area contributed by atoms with Gasteiger partial charge >= 0.3 is 0 Å². The molecule has 8 heteroatoms. The van der Waals surface area contributed by atoms with Crippen LogP contribution < -0.4 is 20.1 Å². The van der Waals surface area contributed by atoms with Crippen LogP contribution in [0.15, 0.2) is 36.4 Å². The molecule has 0 bridgehead atoms. The summed E-state index contributed by atoms with van der Waals surface area (Å²) in [7, 11) is 1.59. The van der Waals surface area contributed by atoms with E-state index in [1.54, 1.807) is 19.2 Å². The predicted molar refractivity (Wildman–Crippen MR) is 118 cm³/mol. The first kappa shape index (κ1) is 26.8. The molecule has 158 valence electrons. The van der Waals surface area contributed by atoms with Crippen LogP contribution in [-0.2, 0) is 13.2 Å². The summed E-state index contributed by atoms with van der Waals surface area (Å²) in [5.74, 6) is 0.793. The van der Waals surface area contributed by atoms with Crippen molar-refractivity contribution in [2.75, 3.05) is 26.7 Å². The van der Waals surface area contributed by atoms with Gasteiger partial charge in [0.05, 0.1) is 12.1 Å². The van der Waals surface area contributed by atoms with Gasteiger partial charge in [0.25, 0.3) is 0 Å². The predicted octanol–water partition coefficient (Wildman–Crippen LogP) is 5.00. The van der Waals surface area contributed by atoms with Crippen molar-refractivity contribution in [3.63, 3.8) is 0 Å². The Morgan fingerprint density at radius 1 is 1.04 bits per heavy atom. The Bertz CT molecular complexity index is 685. The SMILES string of the molecule is CCNCCCNCc1ccc(OCc2c(F)cccc2Cl)c(OC)c1.Cl.Cl. The summed E-state index contributed by atoms with van der Waals surface area (Å²) in [6.07, 6.45) is 1.08. The normalized spacial score (nSPS) is 10.0. The van der Waals surface area contributed by atoms with E-state index in [1.165, 1.54) is 6.07 Å². The molecule has 2 aromatic carbocycles. The molecule has 0 aliphatic rings. The standard InChI is InChI=1S/C20H26ClFN2O2.2ClH/c1-3-23-10-5-11-24-13-15-8-9-19(20(12-15)25-2)26-14-16-17(21)6-4-7-18(16)22;;/h4,6-9,12,23-24H,3,5,10-11,13-14H2,1-2H3;2*1H. The molecule has 2 aromatic rings. The van der Waals surface area contributed by atoms with E-state index in [0.717, 1.165) is 38.2 Å². The summed E-state index contributed by atoms with van der Waals surface area (Å²) in [5, 5.41) is 7.05. The lowest BCUT2D eigenvalue weighted by Gasteiger charge is -2.13. The molecular weight excluding hydrogens is 426 g/mol. The number of hydrogen-bond acceptors (Lipinski definition) is 4. The highest BCUT2D eigenvalue weighted by molar-refractivity contribution is 6.31. The molecule has 0 saturated carbocycles. The summed E-state index contributed by atoms with van der Waals surface area (Å²) in [6, 6.07) is 10.3. The lowest BCUT2D eigenvalue weighted by atomic mass is 10.2. The van der Waals surface area contributed by atoms with Gasteiger partial charge in [0.1, 0.15) is 12.4 Å². The fraction of sp³-hybridized carbons (Fsp3) is 0.400. The van der Waals surface area contributed by atoms with Crippen LogP contribution in [0.3, 0.4) is 0 Å². The Hall–Kier alpha value is -1.24.